The number of aliphatic hydroxyl groups excluding tert-OH is 2. The number of allylic oxidation sites excluding steroid dienone is 1. The quantitative estimate of drug-likeness (QED) is 0.280. The number of phenols is 1. The summed E-state index contributed by atoms with van der Waals surface area (Å²) in [6, 6.07) is 0.500. The van der Waals surface area contributed by atoms with Crippen LogP contribution >= 0.6 is 0 Å². The number of rotatable bonds is 6. The highest BCUT2D eigenvalue weighted by Gasteiger charge is 2.63. The van der Waals surface area contributed by atoms with Crippen LogP contribution in [0.1, 0.15) is 48.7 Å². The average Bonchev–Trinajstić information content (AvgIpc) is 2.79. The molecule has 218 valence electrons. The molecule has 0 saturated heterocycles. The molecular formula is C29H40N4O7. The van der Waals surface area contributed by atoms with E-state index >= 15 is 0 Å². The number of hydrogen-bond acceptors (Lipinski definition) is 10. The van der Waals surface area contributed by atoms with E-state index in [1.165, 1.54) is 11.0 Å². The van der Waals surface area contributed by atoms with Gasteiger partial charge in [-0.2, -0.15) is 0 Å². The highest BCUT2D eigenvalue weighted by molar-refractivity contribution is 6.24. The van der Waals surface area contributed by atoms with E-state index in [0.29, 0.717) is 12.1 Å². The lowest BCUT2D eigenvalue weighted by Gasteiger charge is -2.50. The molecule has 0 aliphatic heterocycles. The van der Waals surface area contributed by atoms with Crippen LogP contribution < -0.4 is 16.0 Å². The molecule has 0 unspecified atom stereocenters. The molecule has 1 aromatic carbocycles. The number of likely N-dealkylation sites (N-methyl/N-ethyl adjacent to an activating group) is 1. The Labute approximate surface area is 233 Å². The number of nitrogens with two attached hydrogens (primary N) is 1. The lowest BCUT2D eigenvalue weighted by molar-refractivity contribution is -0.148. The Morgan fingerprint density at radius 3 is 2.30 bits per heavy atom. The maximum Gasteiger partial charge on any atom is 0.255 e. The number of ketones is 2. The molecule has 11 heteroatoms. The number of fused-ring (bicyclic) bond motifs is 3. The van der Waals surface area contributed by atoms with Crippen molar-refractivity contribution in [1.29, 1.82) is 0 Å². The van der Waals surface area contributed by atoms with Gasteiger partial charge in [0.05, 0.1) is 11.6 Å². The van der Waals surface area contributed by atoms with E-state index in [9.17, 15) is 34.8 Å². The number of aliphatic hydroxyl groups is 3. The third kappa shape index (κ3) is 4.46. The van der Waals surface area contributed by atoms with Crippen LogP contribution in [0, 0.1) is 17.3 Å². The van der Waals surface area contributed by atoms with Gasteiger partial charge in [0.2, 0.25) is 5.78 Å². The number of hydrogen-bond donors (Lipinski definition) is 6. The summed E-state index contributed by atoms with van der Waals surface area (Å²) in [7, 11) is 6.91. The minimum Gasteiger partial charge on any atom is -0.510 e. The summed E-state index contributed by atoms with van der Waals surface area (Å²) in [6.07, 6.45) is 0.286. The van der Waals surface area contributed by atoms with Crippen LogP contribution in [0.3, 0.4) is 0 Å². The van der Waals surface area contributed by atoms with Crippen LogP contribution in [0.5, 0.6) is 5.75 Å². The maximum absolute atomic E-state index is 13.9. The van der Waals surface area contributed by atoms with Gasteiger partial charge in [-0.15, -0.1) is 0 Å². The zero-order chi connectivity index (χ0) is 30.1. The van der Waals surface area contributed by atoms with Gasteiger partial charge in [0.1, 0.15) is 22.8 Å². The molecule has 4 rings (SSSR count). The number of primary amides is 1. The topological polar surface area (TPSA) is 177 Å². The smallest absolute Gasteiger partial charge is 0.255 e. The van der Waals surface area contributed by atoms with Crippen LogP contribution in [0.15, 0.2) is 28.7 Å². The zero-order valence-corrected chi connectivity index (χ0v) is 24.1. The Morgan fingerprint density at radius 1 is 1.15 bits per heavy atom. The highest BCUT2D eigenvalue weighted by Crippen LogP contribution is 2.53. The van der Waals surface area contributed by atoms with Gasteiger partial charge in [-0.1, -0.05) is 20.8 Å². The van der Waals surface area contributed by atoms with Crippen molar-refractivity contribution in [3.63, 3.8) is 0 Å². The van der Waals surface area contributed by atoms with E-state index in [2.05, 4.69) is 26.1 Å². The summed E-state index contributed by atoms with van der Waals surface area (Å²) in [4.78, 5) is 42.9. The molecule has 0 fully saturated rings. The van der Waals surface area contributed by atoms with Gasteiger partial charge < -0.3 is 36.4 Å². The fourth-order valence-electron chi connectivity index (χ4n) is 6.64. The largest absolute Gasteiger partial charge is 0.510 e. The molecule has 3 aliphatic rings. The average molecular weight is 557 g/mol. The summed E-state index contributed by atoms with van der Waals surface area (Å²) in [5.74, 6) is -6.59. The van der Waals surface area contributed by atoms with Gasteiger partial charge in [-0.25, -0.2) is 0 Å². The summed E-state index contributed by atoms with van der Waals surface area (Å²) >= 11 is 0. The lowest BCUT2D eigenvalue weighted by Crippen LogP contribution is -2.63. The molecular weight excluding hydrogens is 516 g/mol. The number of phenolic OH excluding ortho intramolecular Hbond substituents is 1. The fourth-order valence-corrected chi connectivity index (χ4v) is 6.64. The Balaban J connectivity index is 1.89. The van der Waals surface area contributed by atoms with Crippen molar-refractivity contribution in [3.8, 4) is 5.75 Å². The number of nitrogens with one attached hydrogen (secondary N) is 1. The van der Waals surface area contributed by atoms with Crippen LogP contribution in [0.4, 0.5) is 5.69 Å². The first-order chi connectivity index (χ1) is 18.4. The third-order valence-corrected chi connectivity index (χ3v) is 8.19. The number of amides is 1. The zero-order valence-electron chi connectivity index (χ0n) is 24.1. The Hall–Kier alpha value is -3.41. The number of aromatic hydroxyl groups is 1. The van der Waals surface area contributed by atoms with Gasteiger partial charge >= 0.3 is 0 Å². The number of Topliss-reactive ketones (excluding diaryl/α,β-unsaturated/α-hetero) is 2. The lowest BCUT2D eigenvalue weighted by atomic mass is 9.58. The summed E-state index contributed by atoms with van der Waals surface area (Å²) in [5.41, 5.74) is 3.96. The predicted octanol–water partition coefficient (Wildman–Crippen LogP) is 1.32. The third-order valence-electron chi connectivity index (χ3n) is 8.19. The molecule has 0 heterocycles. The van der Waals surface area contributed by atoms with Crippen molar-refractivity contribution in [2.45, 2.75) is 51.8 Å². The first-order valence-corrected chi connectivity index (χ1v) is 13.3. The Kier molecular flexibility index (Phi) is 7.32. The molecule has 0 spiro atoms. The van der Waals surface area contributed by atoms with Crippen molar-refractivity contribution < 1.29 is 34.8 Å². The second kappa shape index (κ2) is 9.90. The van der Waals surface area contributed by atoms with Gasteiger partial charge in [-0.3, -0.25) is 19.3 Å². The van der Waals surface area contributed by atoms with E-state index in [-0.39, 0.29) is 35.1 Å². The molecule has 4 atom stereocenters. The molecule has 40 heavy (non-hydrogen) atoms. The first-order valence-electron chi connectivity index (χ1n) is 13.3. The van der Waals surface area contributed by atoms with Gasteiger partial charge in [0, 0.05) is 44.4 Å². The Bertz CT molecular complexity index is 1350. The van der Waals surface area contributed by atoms with Crippen LogP contribution in [-0.4, -0.2) is 89.2 Å². The number of benzene rings is 1. The van der Waals surface area contributed by atoms with Crippen molar-refractivity contribution in [2.75, 3.05) is 39.6 Å². The maximum atomic E-state index is 13.9. The van der Waals surface area contributed by atoms with Crippen LogP contribution in [0.25, 0.3) is 0 Å². The molecule has 0 aromatic heterocycles. The molecule has 1 aromatic rings. The molecule has 0 saturated carbocycles. The normalized spacial score (nSPS) is 26.6. The highest BCUT2D eigenvalue weighted by atomic mass is 16.3. The standard InChI is InChI=1S/C29H40N4O7/c1-28(2,3)12-31-11-14-10-17(34)19-15(21(14)32(4)5)8-13-9-16-22(33(6)7)24(36)20(27(30)39)26(38)29(16,40)25(37)18(13)23(19)35/h10,13,16,22,31,34,36-37,40H,8-9,11-12H2,1-7H3,(H2,30,39)/t13-,16-,22-,29-/m0/s1. The molecule has 1 amide bonds. The Morgan fingerprint density at radius 2 is 1.77 bits per heavy atom. The number of carbonyl (C=O) groups is 3. The summed E-state index contributed by atoms with van der Waals surface area (Å²) in [6.45, 7) is 7.50. The van der Waals surface area contributed by atoms with Crippen molar-refractivity contribution in [3.05, 3.63) is 45.4 Å². The van der Waals surface area contributed by atoms with E-state index in [1.807, 2.05) is 19.0 Å². The van der Waals surface area contributed by atoms with Crippen molar-refractivity contribution in [1.82, 2.24) is 10.2 Å². The van der Waals surface area contributed by atoms with E-state index < -0.39 is 58.0 Å². The molecule has 3 aliphatic carbocycles. The molecule has 0 radical (unpaired) electrons. The molecule has 7 N–H and O–H groups in total. The van der Waals surface area contributed by atoms with Gasteiger partial charge in [0.15, 0.2) is 11.4 Å². The van der Waals surface area contributed by atoms with Gasteiger partial charge in [0.25, 0.3) is 5.91 Å². The van der Waals surface area contributed by atoms with Gasteiger partial charge in [-0.05, 0) is 55.5 Å². The minimum atomic E-state index is -2.65. The second-order valence-electron chi connectivity index (χ2n) is 12.8. The fraction of sp³-hybridized carbons (Fsp3) is 0.552. The van der Waals surface area contributed by atoms with E-state index in [0.717, 1.165) is 17.8 Å². The number of nitrogens with zero attached hydrogens (tertiary/aromatic N) is 2. The van der Waals surface area contributed by atoms with Crippen LogP contribution in [-0.2, 0) is 22.6 Å². The van der Waals surface area contributed by atoms with E-state index in [1.54, 1.807) is 14.1 Å². The predicted molar refractivity (Wildman–Crippen MR) is 149 cm³/mol. The number of anilines is 1. The second-order valence-corrected chi connectivity index (χ2v) is 12.8. The van der Waals surface area contributed by atoms with Crippen LogP contribution in [0.2, 0.25) is 0 Å². The van der Waals surface area contributed by atoms with Crippen molar-refractivity contribution in [2.24, 2.45) is 23.0 Å². The SMILES string of the molecule is CN(C)c1c(CNCC(C)(C)C)cc(O)c2c1C[C@H]1C[C@H]3[C@H](N(C)C)C(O)=C(C(N)=O)C(=O)[C@@]3(O)C(O)=C1C2=O. The van der Waals surface area contributed by atoms with Crippen molar-refractivity contribution >= 4 is 23.2 Å². The summed E-state index contributed by atoms with van der Waals surface area (Å²) < 4.78 is 0. The van der Waals surface area contributed by atoms with E-state index in [4.69, 9.17) is 5.73 Å². The summed E-state index contributed by atoms with van der Waals surface area (Å²) in [5, 5.41) is 48.5. The molecule has 11 nitrogen and oxygen atoms in total. The monoisotopic (exact) mass is 556 g/mol. The first kappa shape index (κ1) is 29.6. The number of carbonyl (C=O) groups excluding carboxylic acids is 3. The molecule has 0 bridgehead atoms. The minimum absolute atomic E-state index is 0.00375.